The maximum absolute atomic E-state index is 5.80. The van der Waals surface area contributed by atoms with Crippen LogP contribution in [-0.2, 0) is 9.47 Å². The van der Waals surface area contributed by atoms with Crippen LogP contribution < -0.4 is 5.32 Å². The summed E-state index contributed by atoms with van der Waals surface area (Å²) in [5.41, 5.74) is 0. The van der Waals surface area contributed by atoms with E-state index in [1.807, 2.05) is 0 Å². The van der Waals surface area contributed by atoms with Gasteiger partial charge in [0.25, 0.3) is 0 Å². The maximum atomic E-state index is 5.80. The van der Waals surface area contributed by atoms with Crippen LogP contribution in [0.25, 0.3) is 0 Å². The Morgan fingerprint density at radius 1 is 1.18 bits per heavy atom. The Morgan fingerprint density at radius 3 is 2.41 bits per heavy atom. The third-order valence-corrected chi connectivity index (χ3v) is 2.38. The maximum Gasteiger partial charge on any atom is 0.0932 e. The van der Waals surface area contributed by atoms with Crippen LogP contribution in [0.4, 0.5) is 0 Å². The molecule has 0 saturated heterocycles. The van der Waals surface area contributed by atoms with E-state index in [4.69, 9.17) is 9.47 Å². The quantitative estimate of drug-likeness (QED) is 0.556. The third kappa shape index (κ3) is 12.1. The first-order valence-corrected chi connectivity index (χ1v) is 6.52. The van der Waals surface area contributed by atoms with Crippen LogP contribution in [0.15, 0.2) is 0 Å². The lowest BCUT2D eigenvalue weighted by atomic mass is 10.2. The lowest BCUT2D eigenvalue weighted by molar-refractivity contribution is -0.00343. The second-order valence-corrected chi connectivity index (χ2v) is 5.16. The van der Waals surface area contributed by atoms with Gasteiger partial charge in [0.2, 0.25) is 0 Å². The summed E-state index contributed by atoms with van der Waals surface area (Å²) in [6.07, 6.45) is 1.23. The molecule has 0 aromatic carbocycles. The summed E-state index contributed by atoms with van der Waals surface area (Å²) in [5, 5.41) is 3.40. The highest BCUT2D eigenvalue weighted by Gasteiger charge is 2.08. The van der Waals surface area contributed by atoms with Gasteiger partial charge in [0.15, 0.2) is 0 Å². The molecular weight excluding hydrogens is 216 g/mol. The standard InChI is InChI=1S/C13H30N2O2/c1-12(2)9-14-10-13(11-16-5)17-8-6-7-15(3)4/h12-14H,6-11H2,1-5H3. The van der Waals surface area contributed by atoms with Crippen LogP contribution in [0, 0.1) is 5.92 Å². The van der Waals surface area contributed by atoms with Crippen molar-refractivity contribution in [1.29, 1.82) is 0 Å². The molecule has 1 N–H and O–H groups in total. The number of hydrogen-bond donors (Lipinski definition) is 1. The Bertz CT molecular complexity index is 163. The molecule has 17 heavy (non-hydrogen) atoms. The van der Waals surface area contributed by atoms with Crippen molar-refractivity contribution < 1.29 is 9.47 Å². The van der Waals surface area contributed by atoms with Crippen LogP contribution >= 0.6 is 0 Å². The van der Waals surface area contributed by atoms with Crippen molar-refractivity contribution in [2.45, 2.75) is 26.4 Å². The van der Waals surface area contributed by atoms with Crippen molar-refractivity contribution in [3.8, 4) is 0 Å². The summed E-state index contributed by atoms with van der Waals surface area (Å²) >= 11 is 0. The molecule has 0 saturated carbocycles. The first-order chi connectivity index (χ1) is 8.06. The number of rotatable bonds is 11. The fourth-order valence-electron chi connectivity index (χ4n) is 1.52. The first kappa shape index (κ1) is 16.8. The third-order valence-electron chi connectivity index (χ3n) is 2.38. The zero-order valence-corrected chi connectivity index (χ0v) is 12.2. The van der Waals surface area contributed by atoms with Crippen LogP contribution in [-0.4, -0.2) is 65.1 Å². The number of nitrogens with zero attached hydrogens (tertiary/aromatic N) is 1. The highest BCUT2D eigenvalue weighted by Crippen LogP contribution is 1.96. The van der Waals surface area contributed by atoms with E-state index in [2.05, 4.69) is 38.2 Å². The minimum absolute atomic E-state index is 0.168. The molecule has 104 valence electrons. The molecule has 4 heteroatoms. The molecule has 0 aromatic rings. The van der Waals surface area contributed by atoms with Gasteiger partial charge in [-0.1, -0.05) is 13.8 Å². The Morgan fingerprint density at radius 2 is 1.88 bits per heavy atom. The molecule has 0 rings (SSSR count). The number of nitrogens with one attached hydrogen (secondary N) is 1. The van der Waals surface area contributed by atoms with Crippen molar-refractivity contribution in [1.82, 2.24) is 10.2 Å². The monoisotopic (exact) mass is 246 g/mol. The van der Waals surface area contributed by atoms with Crippen molar-refractivity contribution in [2.24, 2.45) is 5.92 Å². The smallest absolute Gasteiger partial charge is 0.0932 e. The van der Waals surface area contributed by atoms with Crippen LogP contribution in [0.5, 0.6) is 0 Å². The summed E-state index contributed by atoms with van der Waals surface area (Å²) in [4.78, 5) is 2.17. The van der Waals surface area contributed by atoms with Crippen LogP contribution in [0.1, 0.15) is 20.3 Å². The Labute approximate surface area is 107 Å². The molecule has 0 aromatic heterocycles. The van der Waals surface area contributed by atoms with Gasteiger partial charge in [-0.3, -0.25) is 0 Å². The highest BCUT2D eigenvalue weighted by atomic mass is 16.5. The zero-order chi connectivity index (χ0) is 13.1. The van der Waals surface area contributed by atoms with E-state index < -0.39 is 0 Å². The zero-order valence-electron chi connectivity index (χ0n) is 12.2. The van der Waals surface area contributed by atoms with Gasteiger partial charge in [-0.2, -0.15) is 0 Å². The second-order valence-electron chi connectivity index (χ2n) is 5.16. The molecule has 1 unspecified atom stereocenters. The van der Waals surface area contributed by atoms with Gasteiger partial charge in [0.05, 0.1) is 12.7 Å². The topological polar surface area (TPSA) is 33.7 Å². The normalized spacial score (nSPS) is 13.6. The van der Waals surface area contributed by atoms with E-state index in [9.17, 15) is 0 Å². The van der Waals surface area contributed by atoms with E-state index in [-0.39, 0.29) is 6.10 Å². The van der Waals surface area contributed by atoms with E-state index in [1.54, 1.807) is 7.11 Å². The lowest BCUT2D eigenvalue weighted by Crippen LogP contribution is -2.35. The number of hydrogen-bond acceptors (Lipinski definition) is 4. The summed E-state index contributed by atoms with van der Waals surface area (Å²) < 4.78 is 11.0. The van der Waals surface area contributed by atoms with Crippen molar-refractivity contribution in [3.63, 3.8) is 0 Å². The molecule has 0 bridgehead atoms. The van der Waals surface area contributed by atoms with Crippen molar-refractivity contribution >= 4 is 0 Å². The molecule has 4 nitrogen and oxygen atoms in total. The van der Waals surface area contributed by atoms with Crippen molar-refractivity contribution in [3.05, 3.63) is 0 Å². The summed E-state index contributed by atoms with van der Waals surface area (Å²) in [7, 11) is 5.88. The van der Waals surface area contributed by atoms with Gasteiger partial charge >= 0.3 is 0 Å². The van der Waals surface area contributed by atoms with Crippen LogP contribution in [0.3, 0.4) is 0 Å². The molecule has 0 amide bonds. The van der Waals surface area contributed by atoms with Crippen LogP contribution in [0.2, 0.25) is 0 Å². The predicted molar refractivity (Wildman–Crippen MR) is 72.5 cm³/mol. The minimum Gasteiger partial charge on any atom is -0.382 e. The van der Waals surface area contributed by atoms with Gasteiger partial charge < -0.3 is 19.7 Å². The SMILES string of the molecule is COCC(CNCC(C)C)OCCCN(C)C. The minimum atomic E-state index is 0.168. The molecule has 0 spiro atoms. The number of ether oxygens (including phenoxy) is 2. The molecule has 0 fully saturated rings. The van der Waals surface area contributed by atoms with Gasteiger partial charge in [-0.05, 0) is 39.5 Å². The summed E-state index contributed by atoms with van der Waals surface area (Å²) in [6.45, 7) is 8.84. The lowest BCUT2D eigenvalue weighted by Gasteiger charge is -2.19. The average Bonchev–Trinajstić information content (AvgIpc) is 2.23. The van der Waals surface area contributed by atoms with Gasteiger partial charge in [-0.15, -0.1) is 0 Å². The molecule has 0 aliphatic carbocycles. The fraction of sp³-hybridized carbons (Fsp3) is 1.00. The largest absolute Gasteiger partial charge is 0.382 e. The molecule has 0 radical (unpaired) electrons. The Hall–Kier alpha value is -0.160. The second kappa shape index (κ2) is 11.0. The van der Waals surface area contributed by atoms with E-state index >= 15 is 0 Å². The van der Waals surface area contributed by atoms with Gasteiger partial charge in [-0.25, -0.2) is 0 Å². The molecule has 0 aliphatic rings. The molecule has 0 heterocycles. The first-order valence-electron chi connectivity index (χ1n) is 6.52. The highest BCUT2D eigenvalue weighted by molar-refractivity contribution is 4.62. The summed E-state index contributed by atoms with van der Waals surface area (Å²) in [6, 6.07) is 0. The van der Waals surface area contributed by atoms with Gasteiger partial charge in [0.1, 0.15) is 0 Å². The van der Waals surface area contributed by atoms with Crippen molar-refractivity contribution in [2.75, 3.05) is 54.1 Å². The van der Waals surface area contributed by atoms with Gasteiger partial charge in [0, 0.05) is 20.3 Å². The molecular formula is C13H30N2O2. The van der Waals surface area contributed by atoms with E-state index in [0.29, 0.717) is 12.5 Å². The van der Waals surface area contributed by atoms with E-state index in [1.165, 1.54) is 0 Å². The summed E-state index contributed by atoms with van der Waals surface area (Å²) in [5.74, 6) is 0.673. The Balaban J connectivity index is 3.59. The van der Waals surface area contributed by atoms with E-state index in [0.717, 1.165) is 32.7 Å². The Kier molecular flexibility index (Phi) is 10.9. The average molecular weight is 246 g/mol. The molecule has 0 aliphatic heterocycles. The fourth-order valence-corrected chi connectivity index (χ4v) is 1.52. The number of methoxy groups -OCH3 is 1. The predicted octanol–water partition coefficient (Wildman–Crippen LogP) is 1.22. The molecule has 1 atom stereocenters.